The Kier molecular flexibility index (Phi) is 4.13. The number of hydrogen-bond acceptors (Lipinski definition) is 3. The van der Waals surface area contributed by atoms with Crippen LogP contribution in [0.5, 0.6) is 0 Å². The van der Waals surface area contributed by atoms with Crippen LogP contribution >= 0.6 is 0 Å². The zero-order valence-electron chi connectivity index (χ0n) is 11.7. The second-order valence-corrected chi connectivity index (χ2v) is 5.95. The molecule has 4 heteroatoms. The first-order valence-corrected chi connectivity index (χ1v) is 7.44. The Morgan fingerprint density at radius 1 is 1.05 bits per heavy atom. The molecule has 1 aliphatic heterocycles. The van der Waals surface area contributed by atoms with Crippen molar-refractivity contribution >= 4 is 5.78 Å². The van der Waals surface area contributed by atoms with Gasteiger partial charge in [0.25, 0.3) is 0 Å². The number of piperazine rings is 1. The highest BCUT2D eigenvalue weighted by Gasteiger charge is 2.26. The summed E-state index contributed by atoms with van der Waals surface area (Å²) in [5.41, 5.74) is 0.604. The van der Waals surface area contributed by atoms with E-state index in [1.54, 1.807) is 12.1 Å². The predicted molar refractivity (Wildman–Crippen MR) is 76.3 cm³/mol. The van der Waals surface area contributed by atoms with Gasteiger partial charge in [-0.15, -0.1) is 0 Å². The molecule has 1 heterocycles. The maximum absolute atomic E-state index is 12.8. The molecule has 1 saturated carbocycles. The molecule has 0 unspecified atom stereocenters. The van der Waals surface area contributed by atoms with Gasteiger partial charge >= 0.3 is 0 Å². The summed E-state index contributed by atoms with van der Waals surface area (Å²) >= 11 is 0. The molecule has 0 atom stereocenters. The van der Waals surface area contributed by atoms with Gasteiger partial charge in [-0.2, -0.15) is 0 Å². The lowest BCUT2D eigenvalue weighted by Crippen LogP contribution is -2.48. The van der Waals surface area contributed by atoms with E-state index in [9.17, 15) is 9.18 Å². The zero-order valence-corrected chi connectivity index (χ0v) is 11.7. The van der Waals surface area contributed by atoms with E-state index < -0.39 is 0 Å². The molecule has 0 aromatic heterocycles. The standard InChI is InChI=1S/C16H21FN2O/c17-15-5-3-14(4-6-15)16(20)12-19-9-7-18(8-10-19)11-13-1-2-13/h3-6,13H,1-2,7-12H2. The van der Waals surface area contributed by atoms with Gasteiger partial charge in [0.15, 0.2) is 5.78 Å². The predicted octanol–water partition coefficient (Wildman–Crippen LogP) is 2.04. The lowest BCUT2D eigenvalue weighted by molar-refractivity contribution is 0.0847. The molecular weight excluding hydrogens is 255 g/mol. The van der Waals surface area contributed by atoms with E-state index in [4.69, 9.17) is 0 Å². The SMILES string of the molecule is O=C(CN1CCN(CC2CC2)CC1)c1ccc(F)cc1. The molecule has 0 amide bonds. The highest BCUT2D eigenvalue weighted by atomic mass is 19.1. The van der Waals surface area contributed by atoms with Crippen LogP contribution in [-0.4, -0.2) is 54.9 Å². The van der Waals surface area contributed by atoms with Crippen molar-refractivity contribution in [2.75, 3.05) is 39.3 Å². The number of benzene rings is 1. The van der Waals surface area contributed by atoms with Gasteiger partial charge in [-0.1, -0.05) is 0 Å². The molecule has 0 spiro atoms. The summed E-state index contributed by atoms with van der Waals surface area (Å²) in [7, 11) is 0. The molecule has 1 aromatic rings. The molecule has 1 aliphatic carbocycles. The van der Waals surface area contributed by atoms with Gasteiger partial charge in [-0.3, -0.25) is 9.69 Å². The maximum Gasteiger partial charge on any atom is 0.176 e. The van der Waals surface area contributed by atoms with Gasteiger partial charge < -0.3 is 4.90 Å². The lowest BCUT2D eigenvalue weighted by Gasteiger charge is -2.34. The summed E-state index contributed by atoms with van der Waals surface area (Å²) in [5.74, 6) is 0.721. The van der Waals surface area contributed by atoms with Crippen LogP contribution in [0, 0.1) is 11.7 Å². The first kappa shape index (κ1) is 13.7. The second-order valence-electron chi connectivity index (χ2n) is 5.95. The summed E-state index contributed by atoms with van der Waals surface area (Å²) < 4.78 is 12.8. The van der Waals surface area contributed by atoms with E-state index in [2.05, 4.69) is 9.80 Å². The molecule has 20 heavy (non-hydrogen) atoms. The molecule has 3 rings (SSSR count). The van der Waals surface area contributed by atoms with Crippen molar-refractivity contribution in [3.05, 3.63) is 35.6 Å². The maximum atomic E-state index is 12.8. The molecular formula is C16H21FN2O. The Bertz CT molecular complexity index is 462. The van der Waals surface area contributed by atoms with Crippen LogP contribution in [0.25, 0.3) is 0 Å². The highest BCUT2D eigenvalue weighted by molar-refractivity contribution is 5.97. The normalized spacial score (nSPS) is 21.1. The van der Waals surface area contributed by atoms with Crippen molar-refractivity contribution < 1.29 is 9.18 Å². The summed E-state index contributed by atoms with van der Waals surface area (Å²) in [6.07, 6.45) is 2.78. The summed E-state index contributed by atoms with van der Waals surface area (Å²) in [6, 6.07) is 5.84. The smallest absolute Gasteiger partial charge is 0.176 e. The average Bonchev–Trinajstić information content (AvgIpc) is 3.26. The summed E-state index contributed by atoms with van der Waals surface area (Å²) in [6.45, 7) is 5.72. The van der Waals surface area contributed by atoms with E-state index in [0.29, 0.717) is 12.1 Å². The quantitative estimate of drug-likeness (QED) is 0.769. The molecule has 3 nitrogen and oxygen atoms in total. The lowest BCUT2D eigenvalue weighted by atomic mass is 10.1. The third kappa shape index (κ3) is 3.64. The monoisotopic (exact) mass is 276 g/mol. The molecule has 2 aliphatic rings. The number of ketones is 1. The molecule has 1 saturated heterocycles. The molecule has 0 bridgehead atoms. The number of halogens is 1. The van der Waals surface area contributed by atoms with Crippen molar-refractivity contribution in [2.24, 2.45) is 5.92 Å². The van der Waals surface area contributed by atoms with E-state index >= 15 is 0 Å². The van der Waals surface area contributed by atoms with Crippen LogP contribution < -0.4 is 0 Å². The van der Waals surface area contributed by atoms with Crippen LogP contribution in [0.4, 0.5) is 4.39 Å². The zero-order chi connectivity index (χ0) is 13.9. The fraction of sp³-hybridized carbons (Fsp3) is 0.562. The van der Waals surface area contributed by atoms with Crippen LogP contribution in [0.1, 0.15) is 23.2 Å². The topological polar surface area (TPSA) is 23.6 Å². The minimum absolute atomic E-state index is 0.0839. The van der Waals surface area contributed by atoms with Gasteiger partial charge in [-0.25, -0.2) is 4.39 Å². The first-order chi connectivity index (χ1) is 9.70. The van der Waals surface area contributed by atoms with Crippen LogP contribution in [-0.2, 0) is 0 Å². The average molecular weight is 276 g/mol. The van der Waals surface area contributed by atoms with Crippen LogP contribution in [0.15, 0.2) is 24.3 Å². The molecule has 108 valence electrons. The minimum Gasteiger partial charge on any atom is -0.301 e. The number of rotatable bonds is 5. The largest absolute Gasteiger partial charge is 0.301 e. The fourth-order valence-corrected chi connectivity index (χ4v) is 2.73. The van der Waals surface area contributed by atoms with Gasteiger partial charge in [0.05, 0.1) is 6.54 Å². The Hall–Kier alpha value is -1.26. The van der Waals surface area contributed by atoms with Gasteiger partial charge in [-0.05, 0) is 43.0 Å². The summed E-state index contributed by atoms with van der Waals surface area (Å²) in [5, 5.41) is 0. The van der Waals surface area contributed by atoms with Crippen molar-refractivity contribution in [2.45, 2.75) is 12.8 Å². The Labute approximate surface area is 119 Å². The number of Topliss-reactive ketones (excluding diaryl/α,β-unsaturated/α-hetero) is 1. The van der Waals surface area contributed by atoms with E-state index in [1.807, 2.05) is 0 Å². The third-order valence-electron chi connectivity index (χ3n) is 4.21. The summed E-state index contributed by atoms with van der Waals surface area (Å²) in [4.78, 5) is 16.8. The van der Waals surface area contributed by atoms with Crippen LogP contribution in [0.3, 0.4) is 0 Å². The molecule has 0 radical (unpaired) electrons. The number of carbonyl (C=O) groups is 1. The van der Waals surface area contributed by atoms with E-state index in [-0.39, 0.29) is 11.6 Å². The van der Waals surface area contributed by atoms with Crippen molar-refractivity contribution in [1.29, 1.82) is 0 Å². The molecule has 0 N–H and O–H groups in total. The Morgan fingerprint density at radius 3 is 2.25 bits per heavy atom. The Balaban J connectivity index is 1.46. The second kappa shape index (κ2) is 6.02. The number of nitrogens with zero attached hydrogens (tertiary/aromatic N) is 2. The van der Waals surface area contributed by atoms with E-state index in [0.717, 1.165) is 32.1 Å². The number of carbonyl (C=O) groups excluding carboxylic acids is 1. The van der Waals surface area contributed by atoms with Crippen LogP contribution in [0.2, 0.25) is 0 Å². The number of hydrogen-bond donors (Lipinski definition) is 0. The van der Waals surface area contributed by atoms with Gasteiger partial charge in [0.1, 0.15) is 5.82 Å². The Morgan fingerprint density at radius 2 is 1.65 bits per heavy atom. The van der Waals surface area contributed by atoms with Gasteiger partial charge in [0.2, 0.25) is 0 Å². The fourth-order valence-electron chi connectivity index (χ4n) is 2.73. The molecule has 1 aromatic carbocycles. The highest BCUT2D eigenvalue weighted by Crippen LogP contribution is 2.29. The minimum atomic E-state index is -0.296. The third-order valence-corrected chi connectivity index (χ3v) is 4.21. The van der Waals surface area contributed by atoms with Crippen molar-refractivity contribution in [3.8, 4) is 0 Å². The molecule has 2 fully saturated rings. The first-order valence-electron chi connectivity index (χ1n) is 7.44. The van der Waals surface area contributed by atoms with E-state index in [1.165, 1.54) is 31.5 Å². The van der Waals surface area contributed by atoms with Crippen molar-refractivity contribution in [3.63, 3.8) is 0 Å². The van der Waals surface area contributed by atoms with Crippen molar-refractivity contribution in [1.82, 2.24) is 9.80 Å². The van der Waals surface area contributed by atoms with Gasteiger partial charge in [0, 0.05) is 38.3 Å².